The molecule has 72 valence electrons. The van der Waals surface area contributed by atoms with Crippen molar-refractivity contribution in [3.05, 3.63) is 0 Å². The highest BCUT2D eigenvalue weighted by molar-refractivity contribution is 8.09. The van der Waals surface area contributed by atoms with Crippen LogP contribution in [0.3, 0.4) is 0 Å². The summed E-state index contributed by atoms with van der Waals surface area (Å²) in [6.45, 7) is 0.664. The molecule has 0 spiro atoms. The second-order valence-corrected chi connectivity index (χ2v) is 7.41. The Hall–Kier alpha value is 0.540. The molecule has 0 N–H and O–H groups in total. The van der Waals surface area contributed by atoms with Crippen molar-refractivity contribution in [2.24, 2.45) is 5.92 Å². The Bertz CT molecular complexity index is 191. The molecule has 1 unspecified atom stereocenters. The fourth-order valence-electron chi connectivity index (χ4n) is 1.74. The Morgan fingerprint density at radius 2 is 2.17 bits per heavy atom. The zero-order valence-corrected chi connectivity index (χ0v) is 9.34. The highest BCUT2D eigenvalue weighted by Gasteiger charge is 2.23. The van der Waals surface area contributed by atoms with Gasteiger partial charge in [0.25, 0.3) is 0 Å². The van der Waals surface area contributed by atoms with Gasteiger partial charge in [-0.2, -0.15) is 4.20 Å². The van der Waals surface area contributed by atoms with Crippen molar-refractivity contribution in [2.45, 2.75) is 38.7 Å². The molecule has 0 saturated heterocycles. The summed E-state index contributed by atoms with van der Waals surface area (Å²) >= 11 is 4.63. The molecule has 12 heavy (non-hydrogen) atoms. The Morgan fingerprint density at radius 3 is 2.67 bits per heavy atom. The van der Waals surface area contributed by atoms with Gasteiger partial charge in [0.05, 0.1) is 6.10 Å². The van der Waals surface area contributed by atoms with Gasteiger partial charge in [0.2, 0.25) is 6.58 Å². The van der Waals surface area contributed by atoms with Crippen molar-refractivity contribution in [1.29, 1.82) is 0 Å². The quantitative estimate of drug-likeness (QED) is 0.645. The summed E-state index contributed by atoms with van der Waals surface area (Å²) in [4.78, 5) is 0. The normalized spacial score (nSPS) is 35.9. The monoisotopic (exact) mass is 210 g/mol. The standard InChI is InChI=1S/C8H16FOPS/c1-7-4-3-5-8(6-7)10-11(2,9)12/h7-8H,3-6H2,1-2H3/t7-,8-,11?/m1/s1. The molecule has 4 heteroatoms. The molecule has 1 saturated carbocycles. The molecule has 0 aromatic carbocycles. The van der Waals surface area contributed by atoms with E-state index in [1.807, 2.05) is 0 Å². The van der Waals surface area contributed by atoms with E-state index in [1.54, 1.807) is 0 Å². The average molecular weight is 210 g/mol. The maximum atomic E-state index is 13.0. The van der Waals surface area contributed by atoms with Crippen LogP contribution >= 0.6 is 6.58 Å². The Balaban J connectivity index is 2.37. The first-order valence-corrected chi connectivity index (χ1v) is 7.49. The Morgan fingerprint density at radius 1 is 1.50 bits per heavy atom. The van der Waals surface area contributed by atoms with E-state index >= 15 is 0 Å². The van der Waals surface area contributed by atoms with E-state index in [0.717, 1.165) is 19.3 Å². The van der Waals surface area contributed by atoms with Crippen LogP contribution in [0.2, 0.25) is 0 Å². The van der Waals surface area contributed by atoms with E-state index in [9.17, 15) is 4.20 Å². The Labute approximate surface area is 78.9 Å². The molecule has 1 fully saturated rings. The van der Waals surface area contributed by atoms with Gasteiger partial charge in [-0.3, -0.25) is 0 Å². The van der Waals surface area contributed by atoms with Crippen molar-refractivity contribution in [3.8, 4) is 0 Å². The van der Waals surface area contributed by atoms with E-state index in [0.29, 0.717) is 5.92 Å². The minimum absolute atomic E-state index is 0.0922. The van der Waals surface area contributed by atoms with Crippen molar-refractivity contribution in [2.75, 3.05) is 6.66 Å². The molecule has 1 nitrogen and oxygen atoms in total. The molecule has 0 radical (unpaired) electrons. The van der Waals surface area contributed by atoms with Gasteiger partial charge in [-0.05, 0) is 30.6 Å². The zero-order chi connectivity index (χ0) is 9.19. The Kier molecular flexibility index (Phi) is 3.69. The molecule has 0 aromatic rings. The fourth-order valence-corrected chi connectivity index (χ4v) is 2.83. The molecule has 1 aliphatic rings. The topological polar surface area (TPSA) is 9.23 Å². The molecule has 1 rings (SSSR count). The first-order chi connectivity index (χ1) is 5.47. The molecular weight excluding hydrogens is 194 g/mol. The summed E-state index contributed by atoms with van der Waals surface area (Å²) in [5.74, 6) is 0.672. The molecule has 0 heterocycles. The molecule has 0 bridgehead atoms. The lowest BCUT2D eigenvalue weighted by Gasteiger charge is -2.27. The zero-order valence-electron chi connectivity index (χ0n) is 7.62. The van der Waals surface area contributed by atoms with Gasteiger partial charge < -0.3 is 4.52 Å². The van der Waals surface area contributed by atoms with E-state index in [1.165, 1.54) is 13.1 Å². The van der Waals surface area contributed by atoms with Crippen LogP contribution in [0.25, 0.3) is 0 Å². The van der Waals surface area contributed by atoms with Crippen LogP contribution in [0.5, 0.6) is 0 Å². The number of rotatable bonds is 2. The van der Waals surface area contributed by atoms with Gasteiger partial charge in [0.1, 0.15) is 0 Å². The first-order valence-electron chi connectivity index (χ1n) is 4.43. The summed E-state index contributed by atoms with van der Waals surface area (Å²) < 4.78 is 18.2. The number of hydrogen-bond donors (Lipinski definition) is 0. The smallest absolute Gasteiger partial charge is 0.229 e. The second kappa shape index (κ2) is 4.17. The molecule has 1 aliphatic carbocycles. The van der Waals surface area contributed by atoms with Crippen molar-refractivity contribution in [3.63, 3.8) is 0 Å². The average Bonchev–Trinajstić information content (AvgIpc) is 1.82. The summed E-state index contributed by atoms with van der Waals surface area (Å²) in [6.07, 6.45) is 4.46. The van der Waals surface area contributed by atoms with Crippen LogP contribution in [0.15, 0.2) is 0 Å². The molecular formula is C8H16FOPS. The molecule has 0 amide bonds. The lowest BCUT2D eigenvalue weighted by atomic mass is 9.89. The number of halogens is 1. The third-order valence-corrected chi connectivity index (χ3v) is 3.16. The number of hydrogen-bond acceptors (Lipinski definition) is 2. The van der Waals surface area contributed by atoms with Crippen LogP contribution < -0.4 is 0 Å². The van der Waals surface area contributed by atoms with E-state index in [-0.39, 0.29) is 6.10 Å². The predicted octanol–water partition coefficient (Wildman–Crippen LogP) is 3.49. The van der Waals surface area contributed by atoms with Crippen LogP contribution in [0.4, 0.5) is 4.20 Å². The highest BCUT2D eigenvalue weighted by Crippen LogP contribution is 2.48. The van der Waals surface area contributed by atoms with Gasteiger partial charge in [-0.1, -0.05) is 19.8 Å². The van der Waals surface area contributed by atoms with Gasteiger partial charge >= 0.3 is 0 Å². The predicted molar refractivity (Wildman–Crippen MR) is 53.8 cm³/mol. The summed E-state index contributed by atoms with van der Waals surface area (Å²) in [5, 5.41) is 0. The largest absolute Gasteiger partial charge is 0.323 e. The summed E-state index contributed by atoms with van der Waals surface area (Å²) in [6, 6.07) is 0. The van der Waals surface area contributed by atoms with Gasteiger partial charge in [0.15, 0.2) is 0 Å². The summed E-state index contributed by atoms with van der Waals surface area (Å²) in [7, 11) is 0. The van der Waals surface area contributed by atoms with Crippen LogP contribution in [-0.2, 0) is 16.3 Å². The van der Waals surface area contributed by atoms with E-state index in [4.69, 9.17) is 4.52 Å². The summed E-state index contributed by atoms with van der Waals surface area (Å²) in [5.41, 5.74) is 0. The van der Waals surface area contributed by atoms with E-state index < -0.39 is 6.58 Å². The van der Waals surface area contributed by atoms with Gasteiger partial charge in [-0.25, -0.2) is 0 Å². The van der Waals surface area contributed by atoms with Crippen LogP contribution in [0, 0.1) is 5.92 Å². The van der Waals surface area contributed by atoms with Crippen molar-refractivity contribution < 1.29 is 8.72 Å². The van der Waals surface area contributed by atoms with Crippen molar-refractivity contribution >= 4 is 18.4 Å². The fraction of sp³-hybridized carbons (Fsp3) is 1.00. The van der Waals surface area contributed by atoms with E-state index in [2.05, 4.69) is 18.7 Å². The third kappa shape index (κ3) is 3.97. The lowest BCUT2D eigenvalue weighted by Crippen LogP contribution is -2.19. The molecule has 0 aliphatic heterocycles. The maximum absolute atomic E-state index is 13.0. The minimum atomic E-state index is -2.93. The SMILES string of the molecule is C[C@@H]1CCC[C@@H](OP(C)(F)=S)C1. The highest BCUT2D eigenvalue weighted by atomic mass is 32.5. The third-order valence-electron chi connectivity index (χ3n) is 2.23. The second-order valence-electron chi connectivity index (χ2n) is 3.75. The lowest BCUT2D eigenvalue weighted by molar-refractivity contribution is 0.137. The first kappa shape index (κ1) is 10.6. The van der Waals surface area contributed by atoms with Crippen LogP contribution in [-0.4, -0.2) is 12.8 Å². The van der Waals surface area contributed by atoms with Crippen LogP contribution in [0.1, 0.15) is 32.6 Å². The maximum Gasteiger partial charge on any atom is 0.229 e. The molecule has 0 aromatic heterocycles. The molecule has 3 atom stereocenters. The minimum Gasteiger partial charge on any atom is -0.323 e. The van der Waals surface area contributed by atoms with Gasteiger partial charge in [-0.15, -0.1) is 0 Å². The van der Waals surface area contributed by atoms with Crippen molar-refractivity contribution in [1.82, 2.24) is 0 Å². The van der Waals surface area contributed by atoms with Gasteiger partial charge in [0, 0.05) is 6.66 Å².